The Hall–Kier alpha value is -1.77. The number of imide groups is 1. The molecule has 0 aromatic heterocycles. The molecule has 4 amide bonds. The van der Waals surface area contributed by atoms with E-state index in [1.807, 2.05) is 11.8 Å². The molecule has 0 aromatic carbocycles. The topological polar surface area (TPSA) is 105 Å². The van der Waals surface area contributed by atoms with Gasteiger partial charge in [0, 0.05) is 23.8 Å². The van der Waals surface area contributed by atoms with Gasteiger partial charge in [0.1, 0.15) is 0 Å². The first-order valence-electron chi connectivity index (χ1n) is 8.27. The highest BCUT2D eigenvalue weighted by Crippen LogP contribution is 2.43. The maximum atomic E-state index is 12.0. The van der Waals surface area contributed by atoms with Crippen LogP contribution >= 0.6 is 11.8 Å². The van der Waals surface area contributed by atoms with Gasteiger partial charge in [0.05, 0.1) is 18.0 Å². The fourth-order valence-electron chi connectivity index (χ4n) is 3.87. The van der Waals surface area contributed by atoms with Crippen molar-refractivity contribution in [1.29, 1.82) is 0 Å². The van der Waals surface area contributed by atoms with E-state index in [9.17, 15) is 19.2 Å². The number of carbonyl (C=O) groups excluding carboxylic acids is 4. The van der Waals surface area contributed by atoms with Crippen molar-refractivity contribution in [3.05, 3.63) is 0 Å². The third-order valence-electron chi connectivity index (χ3n) is 5.26. The van der Waals surface area contributed by atoms with Gasteiger partial charge < -0.3 is 15.5 Å². The zero-order valence-corrected chi connectivity index (χ0v) is 13.8. The van der Waals surface area contributed by atoms with E-state index in [0.29, 0.717) is 29.1 Å². The third-order valence-corrected chi connectivity index (χ3v) is 6.73. The van der Waals surface area contributed by atoms with E-state index in [4.69, 9.17) is 4.84 Å². The first kappa shape index (κ1) is 15.7. The van der Waals surface area contributed by atoms with E-state index < -0.39 is 17.8 Å². The Kier molecular flexibility index (Phi) is 3.90. The number of hydrogen-bond donors (Lipinski definition) is 2. The summed E-state index contributed by atoms with van der Waals surface area (Å²) in [6.07, 6.45) is 2.61. The first-order valence-corrected chi connectivity index (χ1v) is 9.32. The molecule has 1 aliphatic carbocycles. The fraction of sp³-hybridized carbons (Fsp3) is 0.733. The predicted molar refractivity (Wildman–Crippen MR) is 83.5 cm³/mol. The van der Waals surface area contributed by atoms with E-state index in [1.165, 1.54) is 0 Å². The summed E-state index contributed by atoms with van der Waals surface area (Å²) in [4.78, 5) is 51.3. The minimum atomic E-state index is -0.484. The van der Waals surface area contributed by atoms with Crippen molar-refractivity contribution in [2.24, 2.45) is 11.8 Å². The zero-order chi connectivity index (χ0) is 16.8. The van der Waals surface area contributed by atoms with Crippen molar-refractivity contribution in [3.63, 3.8) is 0 Å². The monoisotopic (exact) mass is 353 g/mol. The molecule has 0 bridgehead atoms. The Balaban J connectivity index is 1.23. The Bertz CT molecular complexity index is 590. The summed E-state index contributed by atoms with van der Waals surface area (Å²) in [7, 11) is 0. The standard InChI is InChI=1S/C15H19N3O5S/c19-11-1-2-12(20)18(11)23-14(21)8-3-7(4-8)5-10-13-9(6-24-10)16-15(22)17-13/h7-10,13H,1-6H2,(H2,16,17,22)/t7?,8?,9-,10-,13-/m0/s1. The molecule has 3 atom stereocenters. The van der Waals surface area contributed by atoms with E-state index in [-0.39, 0.29) is 36.9 Å². The number of fused-ring (bicyclic) bond motifs is 1. The molecule has 0 spiro atoms. The Morgan fingerprint density at radius 2 is 1.88 bits per heavy atom. The number of nitrogens with zero attached hydrogens (tertiary/aromatic N) is 1. The molecule has 4 rings (SSSR count). The lowest BCUT2D eigenvalue weighted by molar-refractivity contribution is -0.203. The van der Waals surface area contributed by atoms with E-state index in [1.54, 1.807) is 0 Å². The molecular formula is C15H19N3O5S. The number of rotatable bonds is 4. The minimum absolute atomic E-state index is 0.0923. The zero-order valence-electron chi connectivity index (χ0n) is 13.0. The van der Waals surface area contributed by atoms with Crippen LogP contribution in [0.5, 0.6) is 0 Å². The molecule has 3 saturated heterocycles. The van der Waals surface area contributed by atoms with Crippen LogP contribution < -0.4 is 10.6 Å². The second-order valence-electron chi connectivity index (χ2n) is 6.88. The molecule has 3 aliphatic heterocycles. The predicted octanol–water partition coefficient (Wildman–Crippen LogP) is 0.175. The van der Waals surface area contributed by atoms with Gasteiger partial charge in [-0.2, -0.15) is 11.8 Å². The third kappa shape index (κ3) is 2.74. The van der Waals surface area contributed by atoms with Gasteiger partial charge in [0.25, 0.3) is 11.8 Å². The molecule has 4 aliphatic rings. The normalized spacial score (nSPS) is 37.8. The summed E-state index contributed by atoms with van der Waals surface area (Å²) < 4.78 is 0. The SMILES string of the molecule is O=C1N[C@H]2[C@H](CS[C@H]2CC2CC(C(=O)ON3C(=O)CCC3=O)C2)N1. The summed E-state index contributed by atoms with van der Waals surface area (Å²) in [5.74, 6) is -0.270. The molecule has 0 unspecified atom stereocenters. The molecule has 2 N–H and O–H groups in total. The molecule has 8 nitrogen and oxygen atoms in total. The number of amides is 4. The van der Waals surface area contributed by atoms with E-state index in [0.717, 1.165) is 12.2 Å². The van der Waals surface area contributed by atoms with Gasteiger partial charge in [-0.3, -0.25) is 9.59 Å². The molecule has 9 heteroatoms. The lowest BCUT2D eigenvalue weighted by atomic mass is 9.72. The van der Waals surface area contributed by atoms with Gasteiger partial charge in [0.2, 0.25) is 0 Å². The highest BCUT2D eigenvalue weighted by atomic mass is 32.2. The molecule has 130 valence electrons. The van der Waals surface area contributed by atoms with Crippen LogP contribution in [0, 0.1) is 11.8 Å². The summed E-state index contributed by atoms with van der Waals surface area (Å²) in [6, 6.07) is 0.291. The largest absolute Gasteiger partial charge is 0.336 e. The van der Waals surface area contributed by atoms with Crippen molar-refractivity contribution >= 4 is 35.6 Å². The number of thioether (sulfide) groups is 1. The van der Waals surface area contributed by atoms with Crippen molar-refractivity contribution in [2.45, 2.75) is 49.4 Å². The minimum Gasteiger partial charge on any atom is -0.332 e. The average Bonchev–Trinajstić information content (AvgIpc) is 3.13. The van der Waals surface area contributed by atoms with Crippen LogP contribution in [0.25, 0.3) is 0 Å². The lowest BCUT2D eigenvalue weighted by Crippen LogP contribution is -2.42. The second-order valence-corrected chi connectivity index (χ2v) is 8.16. The van der Waals surface area contributed by atoms with Gasteiger partial charge in [-0.15, -0.1) is 5.06 Å². The summed E-state index contributed by atoms with van der Waals surface area (Å²) in [5.41, 5.74) is 0. The van der Waals surface area contributed by atoms with Crippen LogP contribution in [0.4, 0.5) is 4.79 Å². The molecule has 24 heavy (non-hydrogen) atoms. The summed E-state index contributed by atoms with van der Waals surface area (Å²) in [5, 5.41) is 6.87. The van der Waals surface area contributed by atoms with E-state index >= 15 is 0 Å². The van der Waals surface area contributed by atoms with Gasteiger partial charge >= 0.3 is 12.0 Å². The molecule has 1 saturated carbocycles. The molecule has 4 fully saturated rings. The van der Waals surface area contributed by atoms with Crippen molar-refractivity contribution in [2.75, 3.05) is 5.75 Å². The smallest absolute Gasteiger partial charge is 0.332 e. The van der Waals surface area contributed by atoms with Gasteiger partial charge in [-0.1, -0.05) is 0 Å². The highest BCUT2D eigenvalue weighted by molar-refractivity contribution is 8.00. The van der Waals surface area contributed by atoms with Gasteiger partial charge in [-0.25, -0.2) is 9.59 Å². The maximum absolute atomic E-state index is 12.0. The van der Waals surface area contributed by atoms with Gasteiger partial charge in [-0.05, 0) is 25.2 Å². The van der Waals surface area contributed by atoms with Crippen molar-refractivity contribution in [1.82, 2.24) is 15.7 Å². The van der Waals surface area contributed by atoms with Crippen LogP contribution in [0.3, 0.4) is 0 Å². The molecular weight excluding hydrogens is 334 g/mol. The number of carbonyl (C=O) groups is 4. The number of hydrogen-bond acceptors (Lipinski definition) is 6. The summed E-state index contributed by atoms with van der Waals surface area (Å²) in [6.45, 7) is 0. The van der Waals surface area contributed by atoms with Gasteiger partial charge in [0.15, 0.2) is 0 Å². The fourth-order valence-corrected chi connectivity index (χ4v) is 5.48. The number of nitrogens with one attached hydrogen (secondary N) is 2. The van der Waals surface area contributed by atoms with Crippen LogP contribution in [-0.4, -0.2) is 52.0 Å². The van der Waals surface area contributed by atoms with Crippen molar-refractivity contribution in [3.8, 4) is 0 Å². The van der Waals surface area contributed by atoms with Crippen LogP contribution in [-0.2, 0) is 19.2 Å². The van der Waals surface area contributed by atoms with E-state index in [2.05, 4.69) is 10.6 Å². The van der Waals surface area contributed by atoms with Crippen molar-refractivity contribution < 1.29 is 24.0 Å². The lowest BCUT2D eigenvalue weighted by Gasteiger charge is -2.36. The van der Waals surface area contributed by atoms with Crippen LogP contribution in [0.15, 0.2) is 0 Å². The maximum Gasteiger partial charge on any atom is 0.336 e. The number of urea groups is 1. The Morgan fingerprint density at radius 3 is 2.58 bits per heavy atom. The molecule has 0 aromatic rings. The second kappa shape index (κ2) is 5.94. The molecule has 0 radical (unpaired) electrons. The number of hydroxylamine groups is 2. The molecule has 3 heterocycles. The highest BCUT2D eigenvalue weighted by Gasteiger charge is 2.46. The van der Waals surface area contributed by atoms with Crippen LogP contribution in [0.1, 0.15) is 32.1 Å². The quantitative estimate of drug-likeness (QED) is 0.552. The Labute approximate surface area is 143 Å². The average molecular weight is 353 g/mol. The Morgan fingerprint density at radius 1 is 1.17 bits per heavy atom. The summed E-state index contributed by atoms with van der Waals surface area (Å²) >= 11 is 1.86. The van der Waals surface area contributed by atoms with Crippen LogP contribution in [0.2, 0.25) is 0 Å². The first-order chi connectivity index (χ1) is 11.5.